The number of nitrogens with one attached hydrogen (secondary N) is 2. The van der Waals surface area contributed by atoms with E-state index in [1.165, 1.54) is 30.3 Å². The number of aliphatic hydroxyl groups is 1. The molecular weight excluding hydrogens is 439 g/mol. The molecule has 2 aliphatic rings. The minimum absolute atomic E-state index is 0.00335. The molecule has 0 spiro atoms. The molecule has 3 N–H and O–H groups in total. The van der Waals surface area contributed by atoms with E-state index in [4.69, 9.17) is 9.47 Å². The van der Waals surface area contributed by atoms with Gasteiger partial charge in [-0.2, -0.15) is 0 Å². The molecule has 0 aromatic heterocycles. The molecule has 0 saturated heterocycles. The lowest BCUT2D eigenvalue weighted by molar-refractivity contribution is 0.101. The molecule has 2 aromatic carbocycles. The molecule has 1 aliphatic heterocycles. The van der Waals surface area contributed by atoms with E-state index in [0.717, 1.165) is 0 Å². The van der Waals surface area contributed by atoms with Crippen molar-refractivity contribution in [1.82, 2.24) is 4.72 Å². The van der Waals surface area contributed by atoms with Crippen molar-refractivity contribution in [3.05, 3.63) is 47.3 Å². The summed E-state index contributed by atoms with van der Waals surface area (Å²) < 4.78 is 53.4. The number of aliphatic hydroxyl groups excluding tert-OH is 1. The first kappa shape index (κ1) is 22.5. The average molecular weight is 465 g/mol. The summed E-state index contributed by atoms with van der Waals surface area (Å²) in [7, 11) is -3.95. The van der Waals surface area contributed by atoms with Gasteiger partial charge in [-0.15, -0.1) is 0 Å². The SMILES string of the molecule is Cc1cc(NC(=O)c2cc(S(=O)(=O)NC3CCC(O)CC3)cc3c2OCCO3)ccc1F. The molecule has 172 valence electrons. The first-order valence-electron chi connectivity index (χ1n) is 10.4. The van der Waals surface area contributed by atoms with Gasteiger partial charge in [0.1, 0.15) is 19.0 Å². The van der Waals surface area contributed by atoms with Crippen molar-refractivity contribution in [3.63, 3.8) is 0 Å². The number of fused-ring (bicyclic) bond motifs is 1. The predicted molar refractivity (Wildman–Crippen MR) is 115 cm³/mol. The second-order valence-corrected chi connectivity index (χ2v) is 9.75. The number of hydrogen-bond donors (Lipinski definition) is 3. The number of anilines is 1. The molecule has 32 heavy (non-hydrogen) atoms. The quantitative estimate of drug-likeness (QED) is 0.627. The van der Waals surface area contributed by atoms with E-state index in [9.17, 15) is 22.7 Å². The van der Waals surface area contributed by atoms with Crippen LogP contribution in [0.4, 0.5) is 10.1 Å². The zero-order valence-electron chi connectivity index (χ0n) is 17.6. The van der Waals surface area contributed by atoms with Gasteiger partial charge in [-0.05, 0) is 62.4 Å². The summed E-state index contributed by atoms with van der Waals surface area (Å²) in [6, 6.07) is 6.44. The highest BCUT2D eigenvalue weighted by molar-refractivity contribution is 7.89. The second kappa shape index (κ2) is 9.05. The summed E-state index contributed by atoms with van der Waals surface area (Å²) in [5, 5.41) is 12.3. The van der Waals surface area contributed by atoms with E-state index < -0.39 is 27.9 Å². The number of ether oxygens (including phenoxy) is 2. The minimum Gasteiger partial charge on any atom is -0.486 e. The molecule has 1 saturated carbocycles. The van der Waals surface area contributed by atoms with Crippen LogP contribution in [0.3, 0.4) is 0 Å². The normalized spacial score (nSPS) is 20.6. The fourth-order valence-electron chi connectivity index (χ4n) is 3.85. The lowest BCUT2D eigenvalue weighted by Crippen LogP contribution is -2.38. The molecule has 8 nitrogen and oxygen atoms in total. The van der Waals surface area contributed by atoms with Gasteiger partial charge in [0.2, 0.25) is 10.0 Å². The third-order valence-corrected chi connectivity index (χ3v) is 7.10. The maximum atomic E-state index is 13.5. The smallest absolute Gasteiger partial charge is 0.259 e. The fourth-order valence-corrected chi connectivity index (χ4v) is 5.20. The number of amides is 1. The predicted octanol–water partition coefficient (Wildman–Crippen LogP) is 2.74. The monoisotopic (exact) mass is 464 g/mol. The number of carbonyl (C=O) groups excluding carboxylic acids is 1. The van der Waals surface area contributed by atoms with Crippen molar-refractivity contribution in [2.75, 3.05) is 18.5 Å². The highest BCUT2D eigenvalue weighted by Crippen LogP contribution is 2.37. The van der Waals surface area contributed by atoms with Gasteiger partial charge in [0.05, 0.1) is 16.6 Å². The van der Waals surface area contributed by atoms with Crippen LogP contribution in [0.2, 0.25) is 0 Å². The molecule has 1 fully saturated rings. The van der Waals surface area contributed by atoms with E-state index in [0.29, 0.717) is 36.9 Å². The van der Waals surface area contributed by atoms with Gasteiger partial charge < -0.3 is 19.9 Å². The largest absolute Gasteiger partial charge is 0.486 e. The molecule has 0 bridgehead atoms. The van der Waals surface area contributed by atoms with Crippen LogP contribution >= 0.6 is 0 Å². The Hall–Kier alpha value is -2.69. The Morgan fingerprint density at radius 2 is 1.81 bits per heavy atom. The molecule has 4 rings (SSSR count). The average Bonchev–Trinajstić information content (AvgIpc) is 2.77. The highest BCUT2D eigenvalue weighted by Gasteiger charge is 2.29. The van der Waals surface area contributed by atoms with E-state index >= 15 is 0 Å². The minimum atomic E-state index is -3.95. The van der Waals surface area contributed by atoms with Gasteiger partial charge in [0, 0.05) is 17.8 Å². The first-order valence-corrected chi connectivity index (χ1v) is 11.9. The number of sulfonamides is 1. The maximum absolute atomic E-state index is 13.5. The summed E-state index contributed by atoms with van der Waals surface area (Å²) in [6.45, 7) is 2.02. The molecule has 0 atom stereocenters. The van der Waals surface area contributed by atoms with Crippen molar-refractivity contribution in [3.8, 4) is 11.5 Å². The van der Waals surface area contributed by atoms with Crippen molar-refractivity contribution < 1.29 is 32.2 Å². The first-order chi connectivity index (χ1) is 15.2. The summed E-state index contributed by atoms with van der Waals surface area (Å²) in [4.78, 5) is 12.9. The van der Waals surface area contributed by atoms with E-state index in [2.05, 4.69) is 10.0 Å². The Kier molecular flexibility index (Phi) is 6.36. The molecule has 1 amide bonds. The molecule has 0 radical (unpaired) electrons. The van der Waals surface area contributed by atoms with Crippen LogP contribution in [0, 0.1) is 12.7 Å². The Labute approximate surface area is 185 Å². The van der Waals surface area contributed by atoms with Gasteiger partial charge >= 0.3 is 0 Å². The van der Waals surface area contributed by atoms with Crippen LogP contribution in [0.15, 0.2) is 35.2 Å². The van der Waals surface area contributed by atoms with Crippen molar-refractivity contribution in [2.45, 2.75) is 49.6 Å². The van der Waals surface area contributed by atoms with Gasteiger partial charge in [-0.25, -0.2) is 17.5 Å². The summed E-state index contributed by atoms with van der Waals surface area (Å²) in [6.07, 6.45) is 1.71. The Morgan fingerprint density at radius 1 is 1.09 bits per heavy atom. The van der Waals surface area contributed by atoms with Crippen LogP contribution in [0.1, 0.15) is 41.6 Å². The summed E-state index contributed by atoms with van der Waals surface area (Å²) >= 11 is 0. The maximum Gasteiger partial charge on any atom is 0.259 e. The van der Waals surface area contributed by atoms with Gasteiger partial charge in [0.15, 0.2) is 11.5 Å². The summed E-state index contributed by atoms with van der Waals surface area (Å²) in [5.41, 5.74) is 0.734. The van der Waals surface area contributed by atoms with E-state index in [1.807, 2.05) is 0 Å². The Balaban J connectivity index is 1.64. The van der Waals surface area contributed by atoms with Crippen molar-refractivity contribution >= 4 is 21.6 Å². The topological polar surface area (TPSA) is 114 Å². The number of hydrogen-bond acceptors (Lipinski definition) is 6. The molecule has 10 heteroatoms. The van der Waals surface area contributed by atoms with Crippen LogP contribution in [0.5, 0.6) is 11.5 Å². The van der Waals surface area contributed by atoms with Crippen LogP contribution in [-0.4, -0.2) is 44.8 Å². The van der Waals surface area contributed by atoms with Gasteiger partial charge in [0.25, 0.3) is 5.91 Å². The highest BCUT2D eigenvalue weighted by atomic mass is 32.2. The zero-order valence-corrected chi connectivity index (χ0v) is 18.4. The standard InChI is InChI=1S/C22H25FN2O6S/c1-13-10-15(4-7-19(13)23)24-22(27)18-11-17(12-20-21(18)31-9-8-30-20)32(28,29)25-14-2-5-16(26)6-3-14/h4,7,10-12,14,16,25-26H,2-3,5-6,8-9H2,1H3,(H,24,27). The molecular formula is C22H25FN2O6S. The Bertz CT molecular complexity index is 1130. The summed E-state index contributed by atoms with van der Waals surface area (Å²) in [5.74, 6) is -0.673. The van der Waals surface area contributed by atoms with Gasteiger partial charge in [-0.3, -0.25) is 4.79 Å². The number of aryl methyl sites for hydroxylation is 1. The molecule has 1 aliphatic carbocycles. The number of halogens is 1. The van der Waals surface area contributed by atoms with E-state index in [1.54, 1.807) is 6.92 Å². The number of benzene rings is 2. The molecule has 2 aromatic rings. The van der Waals surface area contributed by atoms with Crippen LogP contribution < -0.4 is 19.5 Å². The lowest BCUT2D eigenvalue weighted by atomic mass is 9.94. The van der Waals surface area contributed by atoms with Crippen LogP contribution in [0.25, 0.3) is 0 Å². The number of carbonyl (C=O) groups is 1. The van der Waals surface area contributed by atoms with Crippen LogP contribution in [-0.2, 0) is 10.0 Å². The second-order valence-electron chi connectivity index (χ2n) is 8.04. The van der Waals surface area contributed by atoms with E-state index in [-0.39, 0.29) is 41.2 Å². The van der Waals surface area contributed by atoms with Crippen molar-refractivity contribution in [1.29, 1.82) is 0 Å². The molecule has 0 unspecified atom stereocenters. The molecule has 1 heterocycles. The fraction of sp³-hybridized carbons (Fsp3) is 0.409. The van der Waals surface area contributed by atoms with Crippen molar-refractivity contribution in [2.24, 2.45) is 0 Å². The zero-order chi connectivity index (χ0) is 22.9. The van der Waals surface area contributed by atoms with Gasteiger partial charge in [-0.1, -0.05) is 0 Å². The third kappa shape index (κ3) is 4.87. The lowest BCUT2D eigenvalue weighted by Gasteiger charge is -2.26. The Morgan fingerprint density at radius 3 is 2.53 bits per heavy atom. The number of rotatable bonds is 5. The third-order valence-electron chi connectivity index (χ3n) is 5.60.